The maximum atomic E-state index is 11.9. The summed E-state index contributed by atoms with van der Waals surface area (Å²) in [6.07, 6.45) is 2.16. The Morgan fingerprint density at radius 3 is 2.76 bits per heavy atom. The number of carbonyl (C=O) groups is 2. The Kier molecular flexibility index (Phi) is 8.01. The van der Waals surface area contributed by atoms with E-state index in [0.717, 1.165) is 24.8 Å². The van der Waals surface area contributed by atoms with Crippen molar-refractivity contribution in [3.63, 3.8) is 0 Å². The second-order valence-corrected chi connectivity index (χ2v) is 6.51. The number of nitrogens with zero attached hydrogens (tertiary/aromatic N) is 1. The van der Waals surface area contributed by atoms with Crippen molar-refractivity contribution >= 4 is 23.6 Å². The number of halogens is 1. The largest absolute Gasteiger partial charge is 0.450 e. The second-order valence-electron chi connectivity index (χ2n) is 6.07. The van der Waals surface area contributed by atoms with Crippen molar-refractivity contribution in [3.8, 4) is 0 Å². The van der Waals surface area contributed by atoms with Crippen LogP contribution in [-0.2, 0) is 16.0 Å². The van der Waals surface area contributed by atoms with Crippen molar-refractivity contribution in [2.45, 2.75) is 32.2 Å². The van der Waals surface area contributed by atoms with Crippen LogP contribution in [0.2, 0.25) is 5.02 Å². The lowest BCUT2D eigenvalue weighted by atomic mass is 10.1. The highest BCUT2D eigenvalue weighted by atomic mass is 35.5. The predicted octanol–water partition coefficient (Wildman–Crippen LogP) is 2.21. The molecule has 0 aromatic heterocycles. The maximum Gasteiger partial charge on any atom is 0.409 e. The summed E-state index contributed by atoms with van der Waals surface area (Å²) in [4.78, 5) is 25.3. The van der Waals surface area contributed by atoms with Gasteiger partial charge in [0.25, 0.3) is 0 Å². The van der Waals surface area contributed by atoms with E-state index in [-0.39, 0.29) is 18.0 Å². The fourth-order valence-corrected chi connectivity index (χ4v) is 3.03. The summed E-state index contributed by atoms with van der Waals surface area (Å²) in [6.45, 7) is 4.39. The van der Waals surface area contributed by atoms with E-state index in [0.29, 0.717) is 37.8 Å². The molecular formula is C18H26ClN3O3. The van der Waals surface area contributed by atoms with Gasteiger partial charge in [0.05, 0.1) is 13.2 Å². The van der Waals surface area contributed by atoms with Gasteiger partial charge in [0, 0.05) is 30.7 Å². The summed E-state index contributed by atoms with van der Waals surface area (Å²) in [5.74, 6) is -0.0187. The molecule has 2 amide bonds. The van der Waals surface area contributed by atoms with Crippen LogP contribution < -0.4 is 10.6 Å². The van der Waals surface area contributed by atoms with Crippen molar-refractivity contribution in [2.24, 2.45) is 0 Å². The van der Waals surface area contributed by atoms with Gasteiger partial charge in [-0.15, -0.1) is 0 Å². The van der Waals surface area contributed by atoms with Crippen LogP contribution in [0.5, 0.6) is 0 Å². The quantitative estimate of drug-likeness (QED) is 0.775. The van der Waals surface area contributed by atoms with Crippen LogP contribution in [-0.4, -0.2) is 55.7 Å². The number of hydrogen-bond acceptors (Lipinski definition) is 4. The average molecular weight is 368 g/mol. The number of amides is 2. The molecule has 1 aliphatic rings. The van der Waals surface area contributed by atoms with Gasteiger partial charge in [-0.25, -0.2) is 4.79 Å². The summed E-state index contributed by atoms with van der Waals surface area (Å²) in [6, 6.07) is 7.89. The first kappa shape index (κ1) is 19.5. The fraction of sp³-hybridized carbons (Fsp3) is 0.556. The number of rotatable bonds is 7. The van der Waals surface area contributed by atoms with Gasteiger partial charge in [-0.1, -0.05) is 23.7 Å². The van der Waals surface area contributed by atoms with Crippen LogP contribution in [0, 0.1) is 0 Å². The summed E-state index contributed by atoms with van der Waals surface area (Å²) >= 11 is 5.94. The predicted molar refractivity (Wildman–Crippen MR) is 97.8 cm³/mol. The first-order valence-electron chi connectivity index (χ1n) is 8.74. The molecule has 0 saturated carbocycles. The summed E-state index contributed by atoms with van der Waals surface area (Å²) < 4.78 is 5.00. The molecule has 0 aliphatic carbocycles. The second kappa shape index (κ2) is 10.3. The van der Waals surface area contributed by atoms with E-state index < -0.39 is 0 Å². The number of likely N-dealkylation sites (tertiary alicyclic amines) is 1. The molecule has 1 heterocycles. The molecule has 6 nitrogen and oxygen atoms in total. The van der Waals surface area contributed by atoms with Gasteiger partial charge in [-0.3, -0.25) is 4.79 Å². The van der Waals surface area contributed by atoms with E-state index in [2.05, 4.69) is 10.6 Å². The van der Waals surface area contributed by atoms with E-state index in [1.165, 1.54) is 0 Å². The monoisotopic (exact) mass is 367 g/mol. The molecule has 2 rings (SSSR count). The highest BCUT2D eigenvalue weighted by molar-refractivity contribution is 6.30. The maximum absolute atomic E-state index is 11.9. The van der Waals surface area contributed by atoms with E-state index in [1.54, 1.807) is 11.8 Å². The zero-order valence-electron chi connectivity index (χ0n) is 14.6. The smallest absolute Gasteiger partial charge is 0.409 e. The molecule has 0 radical (unpaired) electrons. The number of benzene rings is 1. The molecule has 2 N–H and O–H groups in total. The molecule has 1 fully saturated rings. The summed E-state index contributed by atoms with van der Waals surface area (Å²) in [5.41, 5.74) is 1.10. The third-order valence-electron chi connectivity index (χ3n) is 4.20. The Morgan fingerprint density at radius 1 is 1.32 bits per heavy atom. The van der Waals surface area contributed by atoms with Crippen molar-refractivity contribution < 1.29 is 14.3 Å². The highest BCUT2D eigenvalue weighted by Gasteiger charge is 2.23. The van der Waals surface area contributed by atoms with Gasteiger partial charge in [-0.2, -0.15) is 0 Å². The SMILES string of the molecule is CCOC(=O)N1CCC(NCC(=O)NCCc2cccc(Cl)c2)CC1. The number of ether oxygens (including phenoxy) is 1. The minimum atomic E-state index is -0.250. The van der Waals surface area contributed by atoms with Crippen LogP contribution >= 0.6 is 11.6 Å². The molecule has 1 aliphatic heterocycles. The lowest BCUT2D eigenvalue weighted by Crippen LogP contribution is -2.47. The van der Waals surface area contributed by atoms with Gasteiger partial charge in [-0.05, 0) is 43.9 Å². The highest BCUT2D eigenvalue weighted by Crippen LogP contribution is 2.12. The standard InChI is InChI=1S/C18H26ClN3O3/c1-2-25-18(24)22-10-7-16(8-11-22)21-13-17(23)20-9-6-14-4-3-5-15(19)12-14/h3-5,12,16,21H,2,6-11,13H2,1H3,(H,20,23). The Labute approximate surface area is 153 Å². The molecule has 0 bridgehead atoms. The Hall–Kier alpha value is -1.79. The summed E-state index contributed by atoms with van der Waals surface area (Å²) in [7, 11) is 0. The van der Waals surface area contributed by atoms with Crippen molar-refractivity contribution in [1.82, 2.24) is 15.5 Å². The molecule has 25 heavy (non-hydrogen) atoms. The van der Waals surface area contributed by atoms with Crippen molar-refractivity contribution in [3.05, 3.63) is 34.9 Å². The normalized spacial score (nSPS) is 15.0. The molecule has 0 unspecified atom stereocenters. The average Bonchev–Trinajstić information content (AvgIpc) is 2.61. The molecular weight excluding hydrogens is 342 g/mol. The van der Waals surface area contributed by atoms with Crippen LogP contribution in [0.25, 0.3) is 0 Å². The Bertz CT molecular complexity index is 574. The van der Waals surface area contributed by atoms with E-state index in [9.17, 15) is 9.59 Å². The fourth-order valence-electron chi connectivity index (χ4n) is 2.82. The zero-order chi connectivity index (χ0) is 18.1. The van der Waals surface area contributed by atoms with Gasteiger partial charge < -0.3 is 20.3 Å². The van der Waals surface area contributed by atoms with Gasteiger partial charge in [0.1, 0.15) is 0 Å². The molecule has 0 spiro atoms. The van der Waals surface area contributed by atoms with E-state index >= 15 is 0 Å². The first-order valence-corrected chi connectivity index (χ1v) is 9.12. The van der Waals surface area contributed by atoms with Crippen LogP contribution in [0.1, 0.15) is 25.3 Å². The molecule has 138 valence electrons. The molecule has 0 atom stereocenters. The van der Waals surface area contributed by atoms with E-state index in [4.69, 9.17) is 16.3 Å². The number of nitrogens with one attached hydrogen (secondary N) is 2. The molecule has 1 aromatic carbocycles. The van der Waals surface area contributed by atoms with E-state index in [1.807, 2.05) is 24.3 Å². The van der Waals surface area contributed by atoms with Gasteiger partial charge in [0.2, 0.25) is 5.91 Å². The topological polar surface area (TPSA) is 70.7 Å². The minimum Gasteiger partial charge on any atom is -0.450 e. The third kappa shape index (κ3) is 6.92. The first-order chi connectivity index (χ1) is 12.1. The minimum absolute atomic E-state index is 0.0187. The van der Waals surface area contributed by atoms with Crippen molar-refractivity contribution in [1.29, 1.82) is 0 Å². The Balaban J connectivity index is 1.59. The van der Waals surface area contributed by atoms with Gasteiger partial charge in [0.15, 0.2) is 0 Å². The van der Waals surface area contributed by atoms with Crippen LogP contribution in [0.4, 0.5) is 4.79 Å². The number of carbonyl (C=O) groups excluding carboxylic acids is 2. The van der Waals surface area contributed by atoms with Crippen LogP contribution in [0.15, 0.2) is 24.3 Å². The zero-order valence-corrected chi connectivity index (χ0v) is 15.3. The number of piperidine rings is 1. The van der Waals surface area contributed by atoms with Gasteiger partial charge >= 0.3 is 6.09 Å². The lowest BCUT2D eigenvalue weighted by molar-refractivity contribution is -0.120. The molecule has 1 aromatic rings. The van der Waals surface area contributed by atoms with Crippen LogP contribution in [0.3, 0.4) is 0 Å². The number of hydrogen-bond donors (Lipinski definition) is 2. The Morgan fingerprint density at radius 2 is 2.08 bits per heavy atom. The van der Waals surface area contributed by atoms with Crippen molar-refractivity contribution in [2.75, 3.05) is 32.8 Å². The third-order valence-corrected chi connectivity index (χ3v) is 4.43. The lowest BCUT2D eigenvalue weighted by Gasteiger charge is -2.31. The summed E-state index contributed by atoms with van der Waals surface area (Å²) in [5, 5.41) is 6.87. The molecule has 7 heteroatoms. The molecule has 1 saturated heterocycles.